The zero-order valence-corrected chi connectivity index (χ0v) is 6.14. The Hall–Kier alpha value is -1.84. The molecule has 4 heteroatoms. The van der Waals surface area contributed by atoms with Gasteiger partial charge in [0.2, 0.25) is 0 Å². The van der Waals surface area contributed by atoms with Gasteiger partial charge in [-0.15, -0.1) is 0 Å². The van der Waals surface area contributed by atoms with Gasteiger partial charge in [0.05, 0.1) is 0 Å². The van der Waals surface area contributed by atoms with E-state index >= 15 is 0 Å². The lowest BCUT2D eigenvalue weighted by atomic mass is 10.3. The lowest BCUT2D eigenvalue weighted by Gasteiger charge is -1.84. The molecule has 0 unspecified atom stereocenters. The van der Waals surface area contributed by atoms with E-state index in [2.05, 4.69) is 15.0 Å². The van der Waals surface area contributed by atoms with Crippen molar-refractivity contribution in [3.63, 3.8) is 0 Å². The first-order valence-corrected chi connectivity index (χ1v) is 3.44. The summed E-state index contributed by atoms with van der Waals surface area (Å²) in [5.74, 6) is 0. The third-order valence-electron chi connectivity index (χ3n) is 1.46. The van der Waals surface area contributed by atoms with Crippen LogP contribution in [-0.4, -0.2) is 15.0 Å². The zero-order valence-electron chi connectivity index (χ0n) is 6.14. The molecular weight excluding hydrogens is 154 g/mol. The summed E-state index contributed by atoms with van der Waals surface area (Å²) in [6, 6.07) is 5.32. The van der Waals surface area contributed by atoms with Gasteiger partial charge in [-0.25, -0.2) is 14.8 Å². The van der Waals surface area contributed by atoms with E-state index in [-0.39, 0.29) is 0 Å². The maximum absolute atomic E-state index is 10.8. The van der Waals surface area contributed by atoms with Crippen LogP contribution < -0.4 is 5.69 Å². The fourth-order valence-corrected chi connectivity index (χ4v) is 0.934. The summed E-state index contributed by atoms with van der Waals surface area (Å²) in [5, 5.41) is 0.812. The van der Waals surface area contributed by atoms with Crippen molar-refractivity contribution in [2.75, 3.05) is 0 Å². The van der Waals surface area contributed by atoms with Gasteiger partial charge in [0.1, 0.15) is 0 Å². The van der Waals surface area contributed by atoms with E-state index in [1.54, 1.807) is 18.3 Å². The van der Waals surface area contributed by atoms with Crippen molar-refractivity contribution >= 4 is 11.0 Å². The van der Waals surface area contributed by atoms with Gasteiger partial charge in [-0.3, -0.25) is 0 Å². The van der Waals surface area contributed by atoms with E-state index in [1.807, 2.05) is 6.07 Å². The van der Waals surface area contributed by atoms with Gasteiger partial charge in [-0.2, -0.15) is 4.98 Å². The first-order valence-electron chi connectivity index (χ1n) is 3.44. The molecular formula is C8H5N3O. The zero-order chi connectivity index (χ0) is 8.39. The van der Waals surface area contributed by atoms with Crippen molar-refractivity contribution in [1.29, 1.82) is 0 Å². The molecule has 2 aromatic heterocycles. The summed E-state index contributed by atoms with van der Waals surface area (Å²) in [5.41, 5.74) is -0.0799. The highest BCUT2D eigenvalue weighted by Crippen LogP contribution is 2.01. The van der Waals surface area contributed by atoms with Crippen LogP contribution in [0.2, 0.25) is 0 Å². The molecule has 0 aliphatic heterocycles. The van der Waals surface area contributed by atoms with Gasteiger partial charge in [0, 0.05) is 17.8 Å². The average Bonchev–Trinajstić information content (AvgIpc) is 2.25. The van der Waals surface area contributed by atoms with E-state index in [0.717, 1.165) is 5.39 Å². The maximum atomic E-state index is 10.8. The van der Waals surface area contributed by atoms with Gasteiger partial charge in [-0.1, -0.05) is 0 Å². The summed E-state index contributed by atoms with van der Waals surface area (Å²) in [4.78, 5) is 21.9. The van der Waals surface area contributed by atoms with Crippen molar-refractivity contribution in [3.05, 3.63) is 41.1 Å². The number of nitrogens with zero attached hydrogens (tertiary/aromatic N) is 3. The van der Waals surface area contributed by atoms with E-state index in [4.69, 9.17) is 0 Å². The highest BCUT2D eigenvalue weighted by atomic mass is 16.1. The topological polar surface area (TPSA) is 55.7 Å². The highest BCUT2D eigenvalue weighted by molar-refractivity contribution is 5.72. The second kappa shape index (κ2) is 2.65. The van der Waals surface area contributed by atoms with Crippen LogP contribution in [0, 0.1) is 0 Å². The Balaban J connectivity index is 2.98. The molecule has 0 aliphatic rings. The molecule has 0 radical (unpaired) electrons. The second-order valence-electron chi connectivity index (χ2n) is 2.26. The van der Waals surface area contributed by atoms with Gasteiger partial charge in [-0.05, 0) is 18.2 Å². The molecule has 0 atom stereocenters. The molecule has 0 spiro atoms. The number of hydrogen-bond donors (Lipinski definition) is 0. The van der Waals surface area contributed by atoms with Crippen molar-refractivity contribution in [2.45, 2.75) is 0 Å². The Morgan fingerprint density at radius 1 is 1.08 bits per heavy atom. The van der Waals surface area contributed by atoms with Gasteiger partial charge < -0.3 is 0 Å². The summed E-state index contributed by atoms with van der Waals surface area (Å²) >= 11 is 0. The van der Waals surface area contributed by atoms with E-state index in [9.17, 15) is 4.79 Å². The normalized spacial score (nSPS) is 10.0. The quantitative estimate of drug-likeness (QED) is 0.557. The minimum absolute atomic E-state index is 0.431. The second-order valence-corrected chi connectivity index (χ2v) is 2.26. The van der Waals surface area contributed by atoms with E-state index in [1.165, 1.54) is 6.20 Å². The average molecular weight is 159 g/mol. The van der Waals surface area contributed by atoms with E-state index < -0.39 is 5.69 Å². The Bertz CT molecular complexity index is 469. The third-order valence-corrected chi connectivity index (χ3v) is 1.46. The maximum Gasteiger partial charge on any atom is 0.369 e. The molecule has 0 saturated heterocycles. The van der Waals surface area contributed by atoms with Crippen molar-refractivity contribution in [3.8, 4) is 0 Å². The molecule has 0 aliphatic carbocycles. The van der Waals surface area contributed by atoms with Crippen LogP contribution in [0.3, 0.4) is 0 Å². The first-order chi connectivity index (χ1) is 5.86. The molecule has 0 amide bonds. The standard InChI is InChI=1S/C8H5N3O/c12-8-10-5-3-6-2-1-4-9-7(6)11-8/h1-5H. The Labute approximate surface area is 67.9 Å². The highest BCUT2D eigenvalue weighted by Gasteiger charge is 1.91. The molecule has 0 bridgehead atoms. The van der Waals surface area contributed by atoms with Crippen LogP contribution in [0.4, 0.5) is 0 Å². The fourth-order valence-electron chi connectivity index (χ4n) is 0.934. The van der Waals surface area contributed by atoms with Crippen LogP contribution in [0.5, 0.6) is 0 Å². The molecule has 0 saturated carbocycles. The molecule has 58 valence electrons. The molecule has 0 fully saturated rings. The molecule has 0 N–H and O–H groups in total. The number of rotatable bonds is 0. The number of aromatic nitrogens is 3. The molecule has 0 aromatic carbocycles. The monoisotopic (exact) mass is 159 g/mol. The Morgan fingerprint density at radius 3 is 2.92 bits per heavy atom. The summed E-state index contributed by atoms with van der Waals surface area (Å²) in [6.07, 6.45) is 3.02. The smallest absolute Gasteiger partial charge is 0.244 e. The van der Waals surface area contributed by atoms with E-state index in [0.29, 0.717) is 5.65 Å². The number of pyridine rings is 1. The minimum Gasteiger partial charge on any atom is -0.244 e. The number of fused-ring (bicyclic) bond motifs is 1. The summed E-state index contributed by atoms with van der Waals surface area (Å²) in [7, 11) is 0. The Kier molecular flexibility index (Phi) is 1.51. The lowest BCUT2D eigenvalue weighted by molar-refractivity contribution is 1.12. The van der Waals surface area contributed by atoms with Gasteiger partial charge in [0.15, 0.2) is 5.65 Å². The Morgan fingerprint density at radius 2 is 2.00 bits per heavy atom. The lowest BCUT2D eigenvalue weighted by Crippen LogP contribution is -2.04. The molecule has 2 heterocycles. The molecule has 2 aromatic rings. The number of hydrogen-bond acceptors (Lipinski definition) is 4. The minimum atomic E-state index is -0.510. The predicted molar refractivity (Wildman–Crippen MR) is 43.6 cm³/mol. The van der Waals surface area contributed by atoms with Gasteiger partial charge in [0.25, 0.3) is 0 Å². The fraction of sp³-hybridized carbons (Fsp3) is 0. The molecule has 2 rings (SSSR count). The predicted octanol–water partition coefficient (Wildman–Crippen LogP) is 0.385. The van der Waals surface area contributed by atoms with Crippen LogP contribution in [-0.2, 0) is 0 Å². The SMILES string of the molecule is O=c1nccc2cccnc2n1. The first kappa shape index (κ1) is 6.84. The molecule has 12 heavy (non-hydrogen) atoms. The largest absolute Gasteiger partial charge is 0.369 e. The van der Waals surface area contributed by atoms with Crippen LogP contribution in [0.1, 0.15) is 0 Å². The summed E-state index contributed by atoms with van der Waals surface area (Å²) in [6.45, 7) is 0. The van der Waals surface area contributed by atoms with Crippen LogP contribution in [0.15, 0.2) is 35.4 Å². The molecule has 4 nitrogen and oxygen atoms in total. The van der Waals surface area contributed by atoms with Crippen molar-refractivity contribution in [1.82, 2.24) is 15.0 Å². The third kappa shape index (κ3) is 1.14. The van der Waals surface area contributed by atoms with Crippen LogP contribution >= 0.6 is 0 Å². The van der Waals surface area contributed by atoms with Crippen LogP contribution in [0.25, 0.3) is 11.0 Å². The summed E-state index contributed by atoms with van der Waals surface area (Å²) < 4.78 is 0. The van der Waals surface area contributed by atoms with Crippen molar-refractivity contribution < 1.29 is 0 Å². The van der Waals surface area contributed by atoms with Crippen molar-refractivity contribution in [2.24, 2.45) is 0 Å². The van der Waals surface area contributed by atoms with Gasteiger partial charge >= 0.3 is 5.69 Å².